The summed E-state index contributed by atoms with van der Waals surface area (Å²) in [5.41, 5.74) is 2.76. The molecule has 2 rings (SSSR count). The number of halogens is 1. The number of imidazole rings is 1. The molecule has 2 heterocycles. The van der Waals surface area contributed by atoms with Gasteiger partial charge < -0.3 is 9.30 Å². The van der Waals surface area contributed by atoms with E-state index in [1.165, 1.54) is 0 Å². The predicted molar refractivity (Wildman–Crippen MR) is 82.2 cm³/mol. The zero-order chi connectivity index (χ0) is 14.7. The van der Waals surface area contributed by atoms with Crippen LogP contribution in [0.1, 0.15) is 37.7 Å². The molecule has 0 aliphatic carbocycles. The standard InChI is InChI=1S/C15H22ClN3O/c1-10(2)9-20-8-7-19-14(12(4)16)18-13-6-5-11(3)17-15(13)19/h5-6,10,12H,7-9H2,1-4H3. The number of rotatable bonds is 6. The van der Waals surface area contributed by atoms with E-state index in [1.807, 2.05) is 26.0 Å². The highest BCUT2D eigenvalue weighted by Gasteiger charge is 2.15. The highest BCUT2D eigenvalue weighted by molar-refractivity contribution is 6.20. The highest BCUT2D eigenvalue weighted by Crippen LogP contribution is 2.23. The summed E-state index contributed by atoms with van der Waals surface area (Å²) >= 11 is 6.23. The Morgan fingerprint density at radius 3 is 2.65 bits per heavy atom. The summed E-state index contributed by atoms with van der Waals surface area (Å²) in [6.07, 6.45) is 0. The van der Waals surface area contributed by atoms with Crippen molar-refractivity contribution in [3.63, 3.8) is 0 Å². The van der Waals surface area contributed by atoms with E-state index in [0.29, 0.717) is 12.5 Å². The van der Waals surface area contributed by atoms with Crippen molar-refractivity contribution in [2.75, 3.05) is 13.2 Å². The van der Waals surface area contributed by atoms with Crippen molar-refractivity contribution < 1.29 is 4.74 Å². The van der Waals surface area contributed by atoms with Crippen LogP contribution in [0.2, 0.25) is 0 Å². The predicted octanol–water partition coefficient (Wildman–Crippen LogP) is 3.71. The van der Waals surface area contributed by atoms with Gasteiger partial charge in [-0.15, -0.1) is 11.6 Å². The lowest BCUT2D eigenvalue weighted by Crippen LogP contribution is -2.12. The molecule has 20 heavy (non-hydrogen) atoms. The fraction of sp³-hybridized carbons (Fsp3) is 0.600. The van der Waals surface area contributed by atoms with Crippen molar-refractivity contribution in [3.8, 4) is 0 Å². The number of nitrogens with zero attached hydrogens (tertiary/aromatic N) is 3. The average Bonchev–Trinajstić information content (AvgIpc) is 2.73. The molecule has 0 amide bonds. The van der Waals surface area contributed by atoms with Gasteiger partial charge in [-0.3, -0.25) is 0 Å². The van der Waals surface area contributed by atoms with Gasteiger partial charge >= 0.3 is 0 Å². The highest BCUT2D eigenvalue weighted by atomic mass is 35.5. The van der Waals surface area contributed by atoms with Crippen molar-refractivity contribution in [1.29, 1.82) is 0 Å². The first-order valence-corrected chi connectivity index (χ1v) is 7.48. The molecule has 1 unspecified atom stereocenters. The Kier molecular flexibility index (Phi) is 5.00. The SMILES string of the molecule is Cc1ccc2nc(C(C)Cl)n(CCOCC(C)C)c2n1. The first kappa shape index (κ1) is 15.3. The van der Waals surface area contributed by atoms with Gasteiger partial charge in [-0.25, -0.2) is 9.97 Å². The van der Waals surface area contributed by atoms with Gasteiger partial charge in [0.1, 0.15) is 11.3 Å². The second-order valence-electron chi connectivity index (χ2n) is 5.50. The summed E-state index contributed by atoms with van der Waals surface area (Å²) in [5.74, 6) is 1.40. The van der Waals surface area contributed by atoms with Crippen LogP contribution in [0.25, 0.3) is 11.2 Å². The molecule has 0 saturated heterocycles. The molecule has 0 aliphatic heterocycles. The van der Waals surface area contributed by atoms with E-state index in [9.17, 15) is 0 Å². The third kappa shape index (κ3) is 3.49. The van der Waals surface area contributed by atoms with Gasteiger partial charge in [-0.05, 0) is 31.9 Å². The molecule has 0 bridgehead atoms. The number of ether oxygens (including phenoxy) is 1. The lowest BCUT2D eigenvalue weighted by Gasteiger charge is -2.11. The molecule has 0 aliphatic rings. The van der Waals surface area contributed by atoms with Crippen molar-refractivity contribution >= 4 is 22.8 Å². The maximum atomic E-state index is 6.23. The summed E-state index contributed by atoms with van der Waals surface area (Å²) in [4.78, 5) is 9.16. The number of fused-ring (bicyclic) bond motifs is 1. The molecule has 0 aromatic carbocycles. The molecule has 0 saturated carbocycles. The minimum Gasteiger partial charge on any atom is -0.379 e. The first-order valence-electron chi connectivity index (χ1n) is 7.04. The molecule has 0 radical (unpaired) electrons. The van der Waals surface area contributed by atoms with E-state index >= 15 is 0 Å². The van der Waals surface area contributed by atoms with Gasteiger partial charge in [0, 0.05) is 18.8 Å². The normalized spacial score (nSPS) is 13.3. The van der Waals surface area contributed by atoms with Crippen molar-refractivity contribution in [2.24, 2.45) is 5.92 Å². The van der Waals surface area contributed by atoms with E-state index in [0.717, 1.165) is 35.8 Å². The summed E-state index contributed by atoms with van der Waals surface area (Å²) < 4.78 is 7.73. The van der Waals surface area contributed by atoms with E-state index in [-0.39, 0.29) is 5.38 Å². The third-order valence-electron chi connectivity index (χ3n) is 3.03. The smallest absolute Gasteiger partial charge is 0.160 e. The minimum atomic E-state index is -0.144. The molecule has 110 valence electrons. The van der Waals surface area contributed by atoms with E-state index in [2.05, 4.69) is 28.4 Å². The molecule has 1 atom stereocenters. The maximum absolute atomic E-state index is 6.23. The molecule has 2 aromatic heterocycles. The molecular weight excluding hydrogens is 274 g/mol. The largest absolute Gasteiger partial charge is 0.379 e. The van der Waals surface area contributed by atoms with Crippen molar-refractivity contribution in [2.45, 2.75) is 39.6 Å². The summed E-state index contributed by atoms with van der Waals surface area (Å²) in [6.45, 7) is 10.3. The molecule has 5 heteroatoms. The summed E-state index contributed by atoms with van der Waals surface area (Å²) in [7, 11) is 0. The summed E-state index contributed by atoms with van der Waals surface area (Å²) in [5, 5.41) is -0.144. The lowest BCUT2D eigenvalue weighted by atomic mass is 10.2. The fourth-order valence-electron chi connectivity index (χ4n) is 2.11. The van der Waals surface area contributed by atoms with Gasteiger partial charge in [0.2, 0.25) is 0 Å². The number of alkyl halides is 1. The Bertz CT molecular complexity index is 578. The number of aromatic nitrogens is 3. The Labute approximate surface area is 125 Å². The second-order valence-corrected chi connectivity index (χ2v) is 6.16. The Morgan fingerprint density at radius 2 is 2.00 bits per heavy atom. The first-order chi connectivity index (χ1) is 9.49. The summed E-state index contributed by atoms with van der Waals surface area (Å²) in [6, 6.07) is 3.96. The van der Waals surface area contributed by atoms with Gasteiger partial charge in [0.15, 0.2) is 5.65 Å². The van der Waals surface area contributed by atoms with Gasteiger partial charge in [0.05, 0.1) is 12.0 Å². The molecule has 4 nitrogen and oxygen atoms in total. The van der Waals surface area contributed by atoms with E-state index in [4.69, 9.17) is 16.3 Å². The molecule has 0 spiro atoms. The van der Waals surface area contributed by atoms with Gasteiger partial charge in [0.25, 0.3) is 0 Å². The Morgan fingerprint density at radius 1 is 1.25 bits per heavy atom. The lowest BCUT2D eigenvalue weighted by molar-refractivity contribution is 0.103. The van der Waals surface area contributed by atoms with Crippen LogP contribution in [0, 0.1) is 12.8 Å². The number of aryl methyl sites for hydroxylation is 1. The third-order valence-corrected chi connectivity index (χ3v) is 3.22. The molecule has 0 N–H and O–H groups in total. The second kappa shape index (κ2) is 6.55. The van der Waals surface area contributed by atoms with Crippen molar-refractivity contribution in [3.05, 3.63) is 23.7 Å². The molecular formula is C15H22ClN3O. The van der Waals surface area contributed by atoms with Crippen LogP contribution in [0.4, 0.5) is 0 Å². The van der Waals surface area contributed by atoms with Gasteiger partial charge in [-0.2, -0.15) is 0 Å². The minimum absolute atomic E-state index is 0.144. The van der Waals surface area contributed by atoms with E-state index < -0.39 is 0 Å². The zero-order valence-electron chi connectivity index (χ0n) is 12.6. The monoisotopic (exact) mass is 295 g/mol. The van der Waals surface area contributed by atoms with Crippen LogP contribution in [0.5, 0.6) is 0 Å². The van der Waals surface area contributed by atoms with Crippen LogP contribution in [0.3, 0.4) is 0 Å². The van der Waals surface area contributed by atoms with Crippen LogP contribution < -0.4 is 0 Å². The van der Waals surface area contributed by atoms with Crippen LogP contribution >= 0.6 is 11.6 Å². The topological polar surface area (TPSA) is 39.9 Å². The van der Waals surface area contributed by atoms with Crippen LogP contribution in [0.15, 0.2) is 12.1 Å². The Hall–Kier alpha value is -1.13. The zero-order valence-corrected chi connectivity index (χ0v) is 13.3. The van der Waals surface area contributed by atoms with Crippen LogP contribution in [-0.2, 0) is 11.3 Å². The average molecular weight is 296 g/mol. The van der Waals surface area contributed by atoms with Crippen molar-refractivity contribution in [1.82, 2.24) is 14.5 Å². The quantitative estimate of drug-likeness (QED) is 0.602. The number of hydrogen-bond acceptors (Lipinski definition) is 3. The fourth-order valence-corrected chi connectivity index (χ4v) is 2.28. The Balaban J connectivity index is 2.24. The maximum Gasteiger partial charge on any atom is 0.160 e. The van der Waals surface area contributed by atoms with E-state index in [1.54, 1.807) is 0 Å². The van der Waals surface area contributed by atoms with Crippen LogP contribution in [-0.4, -0.2) is 27.7 Å². The molecule has 0 fully saturated rings. The van der Waals surface area contributed by atoms with Gasteiger partial charge in [-0.1, -0.05) is 13.8 Å². The molecule has 2 aromatic rings. The number of pyridine rings is 1. The number of hydrogen-bond donors (Lipinski definition) is 0.